The highest BCUT2D eigenvalue weighted by atomic mass is 16.6. The molecule has 0 spiro atoms. The molecule has 0 aliphatic carbocycles. The third kappa shape index (κ3) is 3.55. The predicted molar refractivity (Wildman–Crippen MR) is 115 cm³/mol. The van der Waals surface area contributed by atoms with Crippen LogP contribution in [0, 0.1) is 0 Å². The average Bonchev–Trinajstić information content (AvgIpc) is 2.88. The molecule has 5 nitrogen and oxygen atoms in total. The van der Waals surface area contributed by atoms with Crippen LogP contribution in [0.3, 0.4) is 0 Å². The molecular weight excluding hydrogens is 378 g/mol. The van der Waals surface area contributed by atoms with E-state index in [0.29, 0.717) is 29.8 Å². The van der Waals surface area contributed by atoms with Gasteiger partial charge in [0.05, 0.1) is 20.1 Å². The number of piperidine rings is 1. The zero-order chi connectivity index (χ0) is 21.4. The van der Waals surface area contributed by atoms with Crippen LogP contribution in [0.25, 0.3) is 0 Å². The number of esters is 1. The summed E-state index contributed by atoms with van der Waals surface area (Å²) >= 11 is 0. The first-order valence-corrected chi connectivity index (χ1v) is 10.9. The van der Waals surface area contributed by atoms with Crippen molar-refractivity contribution in [1.29, 1.82) is 0 Å². The Morgan fingerprint density at radius 3 is 2.10 bits per heavy atom. The topological polar surface area (TPSA) is 55.8 Å². The van der Waals surface area contributed by atoms with Crippen molar-refractivity contribution in [1.82, 2.24) is 0 Å². The maximum absolute atomic E-state index is 13.4. The zero-order valence-corrected chi connectivity index (χ0v) is 18.0. The van der Waals surface area contributed by atoms with Crippen molar-refractivity contribution in [2.75, 3.05) is 20.7 Å². The number of quaternary nitrogens is 1. The Kier molecular flexibility index (Phi) is 5.71. The van der Waals surface area contributed by atoms with Crippen LogP contribution in [0.4, 0.5) is 0 Å². The molecular formula is C25H32NO4+. The molecule has 160 valence electrons. The van der Waals surface area contributed by atoms with Crippen LogP contribution in [0.1, 0.15) is 37.3 Å². The SMILES string of the molecule is CCOC1C[C@H]2C[C@@H](OC(=O)C(O)(c3ccccc3)c3ccccc3)C[C@@H]1[N+]2(C)C. The van der Waals surface area contributed by atoms with Crippen molar-refractivity contribution in [3.8, 4) is 0 Å². The van der Waals surface area contributed by atoms with Gasteiger partial charge in [0.25, 0.3) is 0 Å². The second kappa shape index (κ2) is 8.14. The number of likely N-dealkylation sites (N-methyl/N-ethyl adjacent to an activating group) is 1. The molecule has 2 fully saturated rings. The smallest absolute Gasteiger partial charge is 0.347 e. The van der Waals surface area contributed by atoms with E-state index in [1.807, 2.05) is 43.3 Å². The fourth-order valence-corrected chi connectivity index (χ4v) is 5.34. The van der Waals surface area contributed by atoms with E-state index in [2.05, 4.69) is 14.1 Å². The minimum absolute atomic E-state index is 0.195. The number of benzene rings is 2. The Labute approximate surface area is 178 Å². The molecule has 4 atom stereocenters. The number of fused-ring (bicyclic) bond motifs is 2. The van der Waals surface area contributed by atoms with Crippen LogP contribution >= 0.6 is 0 Å². The van der Waals surface area contributed by atoms with Crippen LogP contribution in [0.15, 0.2) is 60.7 Å². The molecule has 5 heteroatoms. The second-order valence-electron chi connectivity index (χ2n) is 9.02. The van der Waals surface area contributed by atoms with Gasteiger partial charge < -0.3 is 19.1 Å². The minimum atomic E-state index is -1.83. The van der Waals surface area contributed by atoms with Gasteiger partial charge in [0.15, 0.2) is 0 Å². The fourth-order valence-electron chi connectivity index (χ4n) is 5.34. The molecule has 1 N–H and O–H groups in total. The van der Waals surface area contributed by atoms with Gasteiger partial charge in [-0.25, -0.2) is 4.79 Å². The van der Waals surface area contributed by atoms with E-state index in [4.69, 9.17) is 9.47 Å². The summed E-state index contributed by atoms with van der Waals surface area (Å²) in [5.41, 5.74) is -0.797. The molecule has 30 heavy (non-hydrogen) atoms. The van der Waals surface area contributed by atoms with E-state index in [9.17, 15) is 9.90 Å². The molecule has 0 saturated carbocycles. The van der Waals surface area contributed by atoms with Crippen molar-refractivity contribution < 1.29 is 23.9 Å². The molecule has 2 saturated heterocycles. The molecule has 2 heterocycles. The van der Waals surface area contributed by atoms with Crippen molar-refractivity contribution in [2.45, 2.75) is 56.1 Å². The predicted octanol–water partition coefficient (Wildman–Crippen LogP) is 3.25. The van der Waals surface area contributed by atoms with Crippen LogP contribution in [0.2, 0.25) is 0 Å². The number of hydrogen-bond donors (Lipinski definition) is 1. The summed E-state index contributed by atoms with van der Waals surface area (Å²) in [6, 6.07) is 18.8. The summed E-state index contributed by atoms with van der Waals surface area (Å²) in [7, 11) is 4.49. The Morgan fingerprint density at radius 2 is 1.57 bits per heavy atom. The van der Waals surface area contributed by atoms with Gasteiger partial charge in [-0.05, 0) is 18.1 Å². The third-order valence-corrected chi connectivity index (χ3v) is 7.10. The highest BCUT2D eigenvalue weighted by Gasteiger charge is 2.56. The first kappa shape index (κ1) is 21.0. The van der Waals surface area contributed by atoms with E-state index in [1.54, 1.807) is 24.3 Å². The van der Waals surface area contributed by atoms with E-state index in [1.165, 1.54) is 0 Å². The molecule has 0 aromatic heterocycles. The maximum Gasteiger partial charge on any atom is 0.347 e. The first-order valence-electron chi connectivity index (χ1n) is 10.9. The molecule has 0 radical (unpaired) electrons. The lowest BCUT2D eigenvalue weighted by atomic mass is 9.86. The summed E-state index contributed by atoms with van der Waals surface area (Å²) in [5.74, 6) is -0.607. The molecule has 4 rings (SSSR count). The van der Waals surface area contributed by atoms with Crippen LogP contribution in [-0.4, -0.2) is 60.6 Å². The normalized spacial score (nSPS) is 27.6. The quantitative estimate of drug-likeness (QED) is 0.587. The van der Waals surface area contributed by atoms with Gasteiger partial charge in [0, 0.05) is 25.9 Å². The van der Waals surface area contributed by atoms with Crippen molar-refractivity contribution in [3.63, 3.8) is 0 Å². The Morgan fingerprint density at radius 1 is 1.00 bits per heavy atom. The molecule has 2 bridgehead atoms. The Bertz CT molecular complexity index is 828. The molecule has 1 unspecified atom stereocenters. The molecule has 2 aliphatic rings. The lowest BCUT2D eigenvalue weighted by Crippen LogP contribution is -2.58. The van der Waals surface area contributed by atoms with E-state index >= 15 is 0 Å². The second-order valence-corrected chi connectivity index (χ2v) is 9.02. The summed E-state index contributed by atoms with van der Waals surface area (Å²) in [5, 5.41) is 11.6. The van der Waals surface area contributed by atoms with Crippen molar-refractivity contribution in [2.24, 2.45) is 0 Å². The minimum Gasteiger partial charge on any atom is -0.459 e. The van der Waals surface area contributed by atoms with Gasteiger partial charge in [-0.15, -0.1) is 0 Å². The Hall–Kier alpha value is -2.21. The number of rotatable bonds is 6. The summed E-state index contributed by atoms with van der Waals surface area (Å²) in [6.07, 6.45) is 2.50. The summed E-state index contributed by atoms with van der Waals surface area (Å²) < 4.78 is 12.9. The number of ether oxygens (including phenoxy) is 2. The highest BCUT2D eigenvalue weighted by molar-refractivity contribution is 5.85. The largest absolute Gasteiger partial charge is 0.459 e. The average molecular weight is 411 g/mol. The number of nitrogens with zero attached hydrogens (tertiary/aromatic N) is 1. The monoisotopic (exact) mass is 410 g/mol. The van der Waals surface area contributed by atoms with Gasteiger partial charge in [0.1, 0.15) is 18.2 Å². The molecule has 0 amide bonds. The number of carbonyl (C=O) groups is 1. The van der Waals surface area contributed by atoms with Crippen LogP contribution in [0.5, 0.6) is 0 Å². The Balaban J connectivity index is 1.59. The van der Waals surface area contributed by atoms with Crippen molar-refractivity contribution in [3.05, 3.63) is 71.8 Å². The van der Waals surface area contributed by atoms with Gasteiger partial charge in [-0.3, -0.25) is 0 Å². The maximum atomic E-state index is 13.4. The van der Waals surface area contributed by atoms with Gasteiger partial charge in [0.2, 0.25) is 5.60 Å². The van der Waals surface area contributed by atoms with E-state index in [-0.39, 0.29) is 12.2 Å². The fraction of sp³-hybridized carbons (Fsp3) is 0.480. The van der Waals surface area contributed by atoms with Gasteiger partial charge in [-0.1, -0.05) is 60.7 Å². The summed E-state index contributed by atoms with van der Waals surface area (Å²) in [6.45, 7) is 2.72. The number of hydrogen-bond acceptors (Lipinski definition) is 4. The highest BCUT2D eigenvalue weighted by Crippen LogP contribution is 2.43. The van der Waals surface area contributed by atoms with E-state index in [0.717, 1.165) is 23.7 Å². The van der Waals surface area contributed by atoms with Gasteiger partial charge in [-0.2, -0.15) is 0 Å². The first-order chi connectivity index (χ1) is 14.4. The molecule has 2 aromatic rings. The summed E-state index contributed by atoms with van der Waals surface area (Å²) in [4.78, 5) is 13.4. The number of aliphatic hydroxyl groups is 1. The zero-order valence-electron chi connectivity index (χ0n) is 18.0. The molecule has 2 aromatic carbocycles. The van der Waals surface area contributed by atoms with Crippen LogP contribution < -0.4 is 0 Å². The molecule has 2 aliphatic heterocycles. The lowest BCUT2D eigenvalue weighted by Gasteiger charge is -2.44. The lowest BCUT2D eigenvalue weighted by molar-refractivity contribution is -0.932. The standard InChI is InChI=1S/C25H32NO4/c1-4-29-23-16-20-15-21(17-22(23)26(20,2)3)30-24(27)25(28,18-11-7-5-8-12-18)19-13-9-6-10-14-19/h5-14,20-23,28H,4,15-17H2,1-3H3/q+1/t20-,21-,22+,23?/m1/s1. The van der Waals surface area contributed by atoms with E-state index < -0.39 is 11.6 Å². The third-order valence-electron chi connectivity index (χ3n) is 7.10. The number of carbonyl (C=O) groups excluding carboxylic acids is 1. The van der Waals surface area contributed by atoms with Crippen LogP contribution in [-0.2, 0) is 19.9 Å². The van der Waals surface area contributed by atoms with Crippen molar-refractivity contribution >= 4 is 5.97 Å². The van der Waals surface area contributed by atoms with Gasteiger partial charge >= 0.3 is 5.97 Å².